The first-order chi connectivity index (χ1) is 5.66. The third-order valence-electron chi connectivity index (χ3n) is 0.928. The molecule has 0 aromatic rings. The van der Waals surface area contributed by atoms with Gasteiger partial charge < -0.3 is 20.9 Å². The van der Waals surface area contributed by atoms with Gasteiger partial charge >= 0.3 is 29.6 Å². The summed E-state index contributed by atoms with van der Waals surface area (Å²) in [5.41, 5.74) is 0. The average molecular weight is 223 g/mol. The Labute approximate surface area is 102 Å². The summed E-state index contributed by atoms with van der Waals surface area (Å²) in [7, 11) is 0. The van der Waals surface area contributed by atoms with E-state index in [9.17, 15) is 8.76 Å². The molecule has 13 heavy (non-hydrogen) atoms. The molecule has 0 aliphatic rings. The van der Waals surface area contributed by atoms with Crippen LogP contribution >= 0.6 is 0 Å². The van der Waals surface area contributed by atoms with Gasteiger partial charge in [0.2, 0.25) is 0 Å². The van der Waals surface area contributed by atoms with Crippen LogP contribution in [0.4, 0.5) is 0 Å². The molecule has 0 amide bonds. The van der Waals surface area contributed by atoms with Crippen molar-refractivity contribution >= 4 is 11.4 Å². The van der Waals surface area contributed by atoms with Gasteiger partial charge in [-0.1, -0.05) is 0 Å². The first-order valence-corrected chi connectivity index (χ1v) is 4.26. The van der Waals surface area contributed by atoms with Gasteiger partial charge in [0.15, 0.2) is 0 Å². The molecule has 0 aromatic heterocycles. The quantitative estimate of drug-likeness (QED) is 0.255. The van der Waals surface area contributed by atoms with E-state index in [0.717, 1.165) is 0 Å². The van der Waals surface area contributed by atoms with E-state index >= 15 is 0 Å². The summed E-state index contributed by atoms with van der Waals surface area (Å²) < 4.78 is 28.4. The van der Waals surface area contributed by atoms with Crippen LogP contribution in [0, 0.1) is 0 Å². The van der Waals surface area contributed by atoms with E-state index in [4.69, 9.17) is 14.9 Å². The summed E-state index contributed by atoms with van der Waals surface area (Å²) in [6.07, 6.45) is -0.928. The van der Waals surface area contributed by atoms with Crippen LogP contribution in [0.25, 0.3) is 0 Å². The number of aliphatic hydroxyl groups excluding tert-OH is 2. The van der Waals surface area contributed by atoms with Gasteiger partial charge in [-0.2, -0.15) is 0 Å². The van der Waals surface area contributed by atoms with E-state index in [1.165, 1.54) is 0 Å². The molecule has 0 aromatic carbocycles. The molecule has 0 bridgehead atoms. The molecule has 0 radical (unpaired) electrons. The summed E-state index contributed by atoms with van der Waals surface area (Å²) in [6.45, 7) is -0.445. The van der Waals surface area contributed by atoms with Gasteiger partial charge in [-0.25, -0.2) is 4.21 Å². The van der Waals surface area contributed by atoms with Crippen molar-refractivity contribution in [2.24, 2.45) is 0 Å². The van der Waals surface area contributed by atoms with E-state index in [-0.39, 0.29) is 57.4 Å². The van der Waals surface area contributed by atoms with Crippen LogP contribution in [0.2, 0.25) is 0 Å². The minimum atomic E-state index is -2.52. The second-order valence-electron chi connectivity index (χ2n) is 1.94. The molecule has 0 aliphatic heterocycles. The van der Waals surface area contributed by atoms with Crippen LogP contribution in [-0.2, 0) is 20.3 Å². The maximum atomic E-state index is 9.79. The molecule has 0 fully saturated rings. The number of aliphatic hydroxyl groups is 2. The summed E-state index contributed by atoms with van der Waals surface area (Å²) in [5.74, 6) is 0. The molecule has 0 aliphatic carbocycles. The van der Waals surface area contributed by atoms with Crippen LogP contribution in [0.5, 0.6) is 0 Å². The van der Waals surface area contributed by atoms with Crippen molar-refractivity contribution in [3.63, 3.8) is 0 Å². The second kappa shape index (κ2) is 11.0. The van der Waals surface area contributed by atoms with Gasteiger partial charge in [-0.05, 0) is 0 Å². The Balaban J connectivity index is -0.000000605. The molecule has 2 unspecified atom stereocenters. The predicted octanol–water partition coefficient (Wildman–Crippen LogP) is -4.72. The summed E-state index contributed by atoms with van der Waals surface area (Å²) >= 11 is -2.52. The smallest absolute Gasteiger partial charge is 1.00 e. The van der Waals surface area contributed by atoms with Crippen molar-refractivity contribution < 1.29 is 58.9 Å². The number of hydrogen-bond acceptors (Lipinski definition) is 6. The van der Waals surface area contributed by atoms with Crippen molar-refractivity contribution in [2.45, 2.75) is 6.10 Å². The molecular formula is C5H12NaO6S-. The maximum Gasteiger partial charge on any atom is 1.00 e. The Bertz CT molecular complexity index is 139. The van der Waals surface area contributed by atoms with Gasteiger partial charge in [0.1, 0.15) is 6.10 Å². The van der Waals surface area contributed by atoms with Crippen LogP contribution in [-0.4, -0.2) is 51.5 Å². The molecule has 76 valence electrons. The molecule has 8 heteroatoms. The van der Waals surface area contributed by atoms with E-state index < -0.39 is 17.5 Å². The third kappa shape index (κ3) is 12.9. The first kappa shape index (κ1) is 16.4. The van der Waals surface area contributed by atoms with E-state index in [0.29, 0.717) is 0 Å². The first-order valence-electron chi connectivity index (χ1n) is 3.26. The zero-order valence-electron chi connectivity index (χ0n) is 8.34. The Morgan fingerprint density at radius 2 is 2.15 bits per heavy atom. The monoisotopic (exact) mass is 223 g/mol. The third-order valence-corrected chi connectivity index (χ3v) is 1.29. The molecule has 0 rings (SSSR count). The van der Waals surface area contributed by atoms with Crippen LogP contribution in [0.3, 0.4) is 0 Å². The van der Waals surface area contributed by atoms with Crippen LogP contribution < -0.4 is 29.6 Å². The fourth-order valence-corrected chi connectivity index (χ4v) is 0.637. The fourth-order valence-electron chi connectivity index (χ4n) is 0.433. The van der Waals surface area contributed by atoms with Crippen molar-refractivity contribution in [3.8, 4) is 0 Å². The molecule has 0 saturated carbocycles. The zero-order valence-corrected chi connectivity index (χ0v) is 10.2. The molecule has 0 spiro atoms. The van der Waals surface area contributed by atoms with Crippen LogP contribution in [0.1, 0.15) is 1.43 Å². The SMILES string of the molecule is O=S([O-])OCCOCC(O)CO.[H-].[Na+]. The zero-order chi connectivity index (χ0) is 9.40. The maximum absolute atomic E-state index is 9.79. The molecule has 2 N–H and O–H groups in total. The van der Waals surface area contributed by atoms with Crippen molar-refractivity contribution in [1.82, 2.24) is 0 Å². The van der Waals surface area contributed by atoms with E-state index in [2.05, 4.69) is 4.18 Å². The fraction of sp³-hybridized carbons (Fsp3) is 1.00. The second-order valence-corrected chi connectivity index (χ2v) is 2.58. The van der Waals surface area contributed by atoms with Gasteiger partial charge in [0, 0.05) is 0 Å². The van der Waals surface area contributed by atoms with E-state index in [1.54, 1.807) is 0 Å². The standard InChI is InChI=1S/C5H12O6S.Na.H/c6-3-5(7)4-10-1-2-11-12(8)9;;/h5-7H,1-4H2,(H,8,9);;/q;+1;-1/p-1. The average Bonchev–Trinajstić information content (AvgIpc) is 2.03. The largest absolute Gasteiger partial charge is 1.00 e. The summed E-state index contributed by atoms with van der Waals surface area (Å²) in [4.78, 5) is 0. The Morgan fingerprint density at radius 1 is 1.54 bits per heavy atom. The molecule has 6 nitrogen and oxygen atoms in total. The van der Waals surface area contributed by atoms with E-state index in [1.807, 2.05) is 0 Å². The molecular weight excluding hydrogens is 211 g/mol. The number of hydrogen-bond donors (Lipinski definition) is 2. The number of rotatable bonds is 7. The van der Waals surface area contributed by atoms with Crippen molar-refractivity contribution in [3.05, 3.63) is 0 Å². The topological polar surface area (TPSA) is 99.1 Å². The number of ether oxygens (including phenoxy) is 1. The van der Waals surface area contributed by atoms with Crippen molar-refractivity contribution in [1.29, 1.82) is 0 Å². The van der Waals surface area contributed by atoms with Gasteiger partial charge in [0.05, 0.1) is 37.8 Å². The molecule has 0 saturated heterocycles. The minimum absolute atomic E-state index is 0. The molecule has 2 atom stereocenters. The molecule has 0 heterocycles. The van der Waals surface area contributed by atoms with Crippen molar-refractivity contribution in [2.75, 3.05) is 26.4 Å². The summed E-state index contributed by atoms with van der Waals surface area (Å²) in [6, 6.07) is 0. The van der Waals surface area contributed by atoms with Gasteiger partial charge in [0.25, 0.3) is 0 Å². The van der Waals surface area contributed by atoms with Crippen LogP contribution in [0.15, 0.2) is 0 Å². The predicted molar refractivity (Wildman–Crippen MR) is 39.9 cm³/mol. The minimum Gasteiger partial charge on any atom is -1.00 e. The Morgan fingerprint density at radius 3 is 2.62 bits per heavy atom. The Kier molecular flexibility index (Phi) is 13.9. The van der Waals surface area contributed by atoms with Gasteiger partial charge in [-0.15, -0.1) is 0 Å². The van der Waals surface area contributed by atoms with Gasteiger partial charge in [-0.3, -0.25) is 4.18 Å². The Hall–Kier alpha value is 0.950. The summed E-state index contributed by atoms with van der Waals surface area (Å²) in [5, 5.41) is 17.0. The normalized spacial score (nSPS) is 14.7.